The minimum Gasteiger partial charge on any atom is -0.481 e. The minimum absolute atomic E-state index is 0.109. The van der Waals surface area contributed by atoms with Crippen LogP contribution < -0.4 is 5.32 Å². The van der Waals surface area contributed by atoms with E-state index >= 15 is 0 Å². The van der Waals surface area contributed by atoms with Gasteiger partial charge in [-0.15, -0.1) is 0 Å². The minimum atomic E-state index is -3.83. The smallest absolute Gasteiger partial charge is 0.315 e. The monoisotopic (exact) mass is 404 g/mol. The Kier molecular flexibility index (Phi) is 7.17. The largest absolute Gasteiger partial charge is 0.481 e. The van der Waals surface area contributed by atoms with Crippen molar-refractivity contribution in [2.45, 2.75) is 62.9 Å². The number of ether oxygens (including phenoxy) is 1. The lowest BCUT2D eigenvalue weighted by atomic mass is 9.90. The SMILES string of the molecule is CCC(CCOC)S(=O)(=O)C(C)(C)C(=O)Nc1cc(C(C)(C)C(=O)O)no1. The number of carbonyl (C=O) groups is 2. The van der Waals surface area contributed by atoms with Gasteiger partial charge in [0, 0.05) is 19.8 Å². The lowest BCUT2D eigenvalue weighted by molar-refractivity contribution is -0.142. The van der Waals surface area contributed by atoms with Crippen LogP contribution in [0, 0.1) is 0 Å². The Morgan fingerprint density at radius 1 is 1.33 bits per heavy atom. The fourth-order valence-corrected chi connectivity index (χ4v) is 4.36. The summed E-state index contributed by atoms with van der Waals surface area (Å²) in [5.74, 6) is -2.01. The molecule has 1 rings (SSSR count). The number of nitrogens with one attached hydrogen (secondary N) is 1. The predicted octanol–water partition coefficient (Wildman–Crippen LogP) is 1.98. The van der Waals surface area contributed by atoms with E-state index in [4.69, 9.17) is 9.26 Å². The number of aromatic nitrogens is 1. The molecule has 0 fully saturated rings. The number of hydrogen-bond acceptors (Lipinski definition) is 7. The zero-order valence-electron chi connectivity index (χ0n) is 16.5. The highest BCUT2D eigenvalue weighted by Gasteiger charge is 2.46. The summed E-state index contributed by atoms with van der Waals surface area (Å²) in [5, 5.41) is 14.5. The van der Waals surface area contributed by atoms with E-state index in [9.17, 15) is 23.1 Å². The molecule has 0 aliphatic heterocycles. The van der Waals surface area contributed by atoms with E-state index in [0.717, 1.165) is 0 Å². The second-order valence-electron chi connectivity index (χ2n) is 7.33. The lowest BCUT2D eigenvalue weighted by Gasteiger charge is -2.28. The lowest BCUT2D eigenvalue weighted by Crippen LogP contribution is -2.49. The number of nitrogens with zero attached hydrogens (tertiary/aromatic N) is 1. The number of amides is 1. The Hall–Kier alpha value is -1.94. The van der Waals surface area contributed by atoms with Crippen molar-refractivity contribution in [1.82, 2.24) is 5.16 Å². The molecule has 1 atom stereocenters. The van der Waals surface area contributed by atoms with Gasteiger partial charge in [0.25, 0.3) is 0 Å². The van der Waals surface area contributed by atoms with Gasteiger partial charge in [-0.1, -0.05) is 12.1 Å². The van der Waals surface area contributed by atoms with Crippen molar-refractivity contribution in [2.24, 2.45) is 0 Å². The zero-order chi connectivity index (χ0) is 21.0. The number of hydrogen-bond donors (Lipinski definition) is 2. The Balaban J connectivity index is 3.04. The fourth-order valence-electron chi connectivity index (χ4n) is 2.37. The molecule has 0 radical (unpaired) electrons. The number of aliphatic carboxylic acids is 1. The molecule has 1 aromatic heterocycles. The number of methoxy groups -OCH3 is 1. The first kappa shape index (κ1) is 23.1. The summed E-state index contributed by atoms with van der Waals surface area (Å²) in [5.41, 5.74) is -1.21. The summed E-state index contributed by atoms with van der Waals surface area (Å²) < 4.78 is 34.1. The van der Waals surface area contributed by atoms with Gasteiger partial charge in [0.1, 0.15) is 15.9 Å². The number of rotatable bonds is 10. The van der Waals surface area contributed by atoms with Crippen LogP contribution in [0.3, 0.4) is 0 Å². The van der Waals surface area contributed by atoms with Gasteiger partial charge >= 0.3 is 5.97 Å². The number of carboxylic acid groups (broad SMARTS) is 1. The van der Waals surface area contributed by atoms with Crippen LogP contribution in [-0.2, 0) is 29.6 Å². The van der Waals surface area contributed by atoms with Gasteiger partial charge in [0.2, 0.25) is 11.8 Å². The zero-order valence-corrected chi connectivity index (χ0v) is 17.3. The molecule has 27 heavy (non-hydrogen) atoms. The van der Waals surface area contributed by atoms with Gasteiger partial charge in [-0.05, 0) is 40.5 Å². The average Bonchev–Trinajstić information content (AvgIpc) is 3.04. The molecule has 1 amide bonds. The highest BCUT2D eigenvalue weighted by Crippen LogP contribution is 2.29. The third-order valence-electron chi connectivity index (χ3n) is 4.72. The van der Waals surface area contributed by atoms with E-state index in [1.807, 2.05) is 0 Å². The van der Waals surface area contributed by atoms with Crippen molar-refractivity contribution < 1.29 is 32.4 Å². The molecule has 154 valence electrons. The predicted molar refractivity (Wildman–Crippen MR) is 99.4 cm³/mol. The molecular weight excluding hydrogens is 376 g/mol. The van der Waals surface area contributed by atoms with Crippen LogP contribution in [0.1, 0.15) is 53.2 Å². The van der Waals surface area contributed by atoms with Gasteiger partial charge in [0.05, 0.1) is 5.25 Å². The van der Waals surface area contributed by atoms with Crippen LogP contribution >= 0.6 is 0 Å². The van der Waals surface area contributed by atoms with Gasteiger partial charge in [-0.25, -0.2) is 8.42 Å². The first-order valence-electron chi connectivity index (χ1n) is 8.56. The second-order valence-corrected chi connectivity index (χ2v) is 10.1. The molecule has 0 bridgehead atoms. The average molecular weight is 404 g/mol. The number of sulfone groups is 1. The Bertz CT molecular complexity index is 781. The maximum Gasteiger partial charge on any atom is 0.315 e. The summed E-state index contributed by atoms with van der Waals surface area (Å²) >= 11 is 0. The van der Waals surface area contributed by atoms with Crippen LogP contribution in [0.25, 0.3) is 0 Å². The normalized spacial score (nSPS) is 14.0. The van der Waals surface area contributed by atoms with E-state index in [2.05, 4.69) is 10.5 Å². The third-order valence-corrected chi connectivity index (χ3v) is 7.77. The van der Waals surface area contributed by atoms with Crippen molar-refractivity contribution in [3.8, 4) is 0 Å². The molecule has 1 unspecified atom stereocenters. The van der Waals surface area contributed by atoms with Gasteiger partial charge < -0.3 is 14.4 Å². The molecule has 0 aliphatic rings. The highest BCUT2D eigenvalue weighted by atomic mass is 32.2. The van der Waals surface area contributed by atoms with Gasteiger partial charge in [0.15, 0.2) is 9.84 Å². The quantitative estimate of drug-likeness (QED) is 0.604. The molecule has 10 heteroatoms. The van der Waals surface area contributed by atoms with E-state index in [-0.39, 0.29) is 24.6 Å². The Morgan fingerprint density at radius 2 is 1.93 bits per heavy atom. The Labute approximate surface area is 159 Å². The summed E-state index contributed by atoms with van der Waals surface area (Å²) in [7, 11) is -2.34. The molecule has 9 nitrogen and oxygen atoms in total. The molecule has 1 aromatic rings. The summed E-state index contributed by atoms with van der Waals surface area (Å²) in [6.45, 7) is 7.54. The van der Waals surface area contributed by atoms with Gasteiger partial charge in [-0.2, -0.15) is 0 Å². The molecule has 0 aromatic carbocycles. The van der Waals surface area contributed by atoms with Crippen molar-refractivity contribution in [3.05, 3.63) is 11.8 Å². The first-order valence-corrected chi connectivity index (χ1v) is 10.1. The van der Waals surface area contributed by atoms with Crippen LogP contribution in [0.15, 0.2) is 10.6 Å². The molecule has 0 aliphatic carbocycles. The Morgan fingerprint density at radius 3 is 2.41 bits per heavy atom. The van der Waals surface area contributed by atoms with Crippen LogP contribution in [0.2, 0.25) is 0 Å². The van der Waals surface area contributed by atoms with Crippen LogP contribution in [0.4, 0.5) is 5.88 Å². The number of carboxylic acids is 1. The standard InChI is InChI=1S/C17H28N2O7S/c1-7-11(8-9-25-6)27(23,24)17(4,5)14(20)18-13-10-12(19-26-13)16(2,3)15(21)22/h10-11H,7-9H2,1-6H3,(H,18,20)(H,21,22). The number of anilines is 1. The molecular formula is C17H28N2O7S. The van der Waals surface area contributed by atoms with E-state index in [0.29, 0.717) is 6.42 Å². The molecule has 0 saturated heterocycles. The van der Waals surface area contributed by atoms with Crippen LogP contribution in [0.5, 0.6) is 0 Å². The van der Waals surface area contributed by atoms with Crippen molar-refractivity contribution in [1.29, 1.82) is 0 Å². The number of carbonyl (C=O) groups excluding carboxylic acids is 1. The van der Waals surface area contributed by atoms with Crippen molar-refractivity contribution in [2.75, 3.05) is 19.0 Å². The van der Waals surface area contributed by atoms with Crippen LogP contribution in [-0.4, -0.2) is 54.3 Å². The summed E-state index contributed by atoms with van der Waals surface area (Å²) in [6.07, 6.45) is 0.632. The second kappa shape index (κ2) is 8.39. The van der Waals surface area contributed by atoms with E-state index in [1.54, 1.807) is 6.92 Å². The fraction of sp³-hybridized carbons (Fsp3) is 0.706. The first-order chi connectivity index (χ1) is 12.3. The van der Waals surface area contributed by atoms with E-state index < -0.39 is 37.1 Å². The summed E-state index contributed by atoms with van der Waals surface area (Å²) in [4.78, 5) is 23.9. The van der Waals surface area contributed by atoms with E-state index in [1.165, 1.54) is 40.9 Å². The topological polar surface area (TPSA) is 136 Å². The van der Waals surface area contributed by atoms with Crippen molar-refractivity contribution in [3.63, 3.8) is 0 Å². The van der Waals surface area contributed by atoms with Gasteiger partial charge in [-0.3, -0.25) is 14.9 Å². The molecule has 0 spiro atoms. The van der Waals surface area contributed by atoms with Crippen molar-refractivity contribution >= 4 is 27.6 Å². The summed E-state index contributed by atoms with van der Waals surface area (Å²) in [6, 6.07) is 1.27. The highest BCUT2D eigenvalue weighted by molar-refractivity contribution is 7.94. The third kappa shape index (κ3) is 4.67. The molecule has 2 N–H and O–H groups in total. The molecule has 1 heterocycles. The maximum absolute atomic E-state index is 12.9. The molecule has 0 saturated carbocycles. The maximum atomic E-state index is 12.9.